The average Bonchev–Trinajstić information content (AvgIpc) is 3.24. The minimum atomic E-state index is -0.243. The first-order chi connectivity index (χ1) is 11.3. The molecular formula is C16H12N6O. The molecule has 2 N–H and O–H groups in total. The van der Waals surface area contributed by atoms with Crippen LogP contribution in [0.3, 0.4) is 0 Å². The first-order valence-electron chi connectivity index (χ1n) is 7.01. The number of fused-ring (bicyclic) bond motifs is 1. The van der Waals surface area contributed by atoms with Crippen molar-refractivity contribution in [2.24, 2.45) is 0 Å². The summed E-state index contributed by atoms with van der Waals surface area (Å²) in [6.07, 6.45) is 6.66. The standard InChI is InChI=1S/C16H12N6O/c23-16(13-5-3-6-14-18-8-9-22(13)14)20-12-10-19-21-15(12)11-4-1-2-7-17-11/h1-10H,(H,19,21)(H,20,23). The third kappa shape index (κ3) is 2.34. The van der Waals surface area contributed by atoms with Crippen molar-refractivity contribution in [3.05, 3.63) is 66.9 Å². The largest absolute Gasteiger partial charge is 0.317 e. The van der Waals surface area contributed by atoms with Gasteiger partial charge in [-0.05, 0) is 24.3 Å². The third-order valence-electron chi connectivity index (χ3n) is 3.47. The van der Waals surface area contributed by atoms with E-state index >= 15 is 0 Å². The number of nitrogens with one attached hydrogen (secondary N) is 2. The number of carbonyl (C=O) groups is 1. The number of imidazole rings is 1. The number of pyridine rings is 2. The molecule has 1 amide bonds. The van der Waals surface area contributed by atoms with E-state index in [2.05, 4.69) is 25.5 Å². The van der Waals surface area contributed by atoms with Crippen LogP contribution in [-0.2, 0) is 0 Å². The van der Waals surface area contributed by atoms with Crippen LogP contribution in [0.4, 0.5) is 5.69 Å². The molecule has 0 unspecified atom stereocenters. The van der Waals surface area contributed by atoms with Crippen LogP contribution in [0.2, 0.25) is 0 Å². The Morgan fingerprint density at radius 1 is 1.09 bits per heavy atom. The summed E-state index contributed by atoms with van der Waals surface area (Å²) < 4.78 is 1.73. The Morgan fingerprint density at radius 3 is 2.91 bits per heavy atom. The number of nitrogens with zero attached hydrogens (tertiary/aromatic N) is 4. The Hall–Kier alpha value is -3.48. The predicted octanol–water partition coefficient (Wildman–Crippen LogP) is 2.37. The summed E-state index contributed by atoms with van der Waals surface area (Å²) in [6.45, 7) is 0. The first kappa shape index (κ1) is 13.2. The van der Waals surface area contributed by atoms with Gasteiger partial charge in [-0.3, -0.25) is 19.3 Å². The van der Waals surface area contributed by atoms with Crippen molar-refractivity contribution in [2.75, 3.05) is 5.32 Å². The van der Waals surface area contributed by atoms with E-state index in [-0.39, 0.29) is 5.91 Å². The van der Waals surface area contributed by atoms with Gasteiger partial charge >= 0.3 is 0 Å². The van der Waals surface area contributed by atoms with E-state index in [4.69, 9.17) is 0 Å². The predicted molar refractivity (Wildman–Crippen MR) is 85.0 cm³/mol. The minimum absolute atomic E-state index is 0.243. The molecule has 23 heavy (non-hydrogen) atoms. The van der Waals surface area contributed by atoms with Crippen molar-refractivity contribution < 1.29 is 4.79 Å². The molecule has 0 spiro atoms. The van der Waals surface area contributed by atoms with Gasteiger partial charge < -0.3 is 5.32 Å². The van der Waals surface area contributed by atoms with E-state index in [0.29, 0.717) is 22.8 Å². The Kier molecular flexibility index (Phi) is 3.09. The molecule has 4 aromatic heterocycles. The fourth-order valence-corrected chi connectivity index (χ4v) is 2.41. The normalized spacial score (nSPS) is 10.8. The van der Waals surface area contributed by atoms with Gasteiger partial charge in [-0.1, -0.05) is 12.1 Å². The zero-order valence-electron chi connectivity index (χ0n) is 12.0. The smallest absolute Gasteiger partial charge is 0.272 e. The van der Waals surface area contributed by atoms with Gasteiger partial charge in [0, 0.05) is 18.6 Å². The highest BCUT2D eigenvalue weighted by Gasteiger charge is 2.15. The molecule has 0 fully saturated rings. The lowest BCUT2D eigenvalue weighted by atomic mass is 10.2. The molecule has 112 valence electrons. The molecule has 7 nitrogen and oxygen atoms in total. The number of anilines is 1. The van der Waals surface area contributed by atoms with Crippen LogP contribution in [-0.4, -0.2) is 30.5 Å². The summed E-state index contributed by atoms with van der Waals surface area (Å²) in [6, 6.07) is 10.9. The summed E-state index contributed by atoms with van der Waals surface area (Å²) in [5, 5.41) is 9.73. The van der Waals surface area contributed by atoms with Crippen LogP contribution < -0.4 is 5.32 Å². The van der Waals surface area contributed by atoms with E-state index in [1.807, 2.05) is 24.3 Å². The second-order valence-corrected chi connectivity index (χ2v) is 4.89. The summed E-state index contributed by atoms with van der Waals surface area (Å²) in [7, 11) is 0. The molecule has 4 aromatic rings. The molecular weight excluding hydrogens is 292 g/mol. The van der Waals surface area contributed by atoms with Gasteiger partial charge in [0.2, 0.25) is 0 Å². The van der Waals surface area contributed by atoms with E-state index in [9.17, 15) is 4.79 Å². The first-order valence-corrected chi connectivity index (χ1v) is 7.01. The lowest BCUT2D eigenvalue weighted by Gasteiger charge is -2.07. The van der Waals surface area contributed by atoms with Crippen molar-refractivity contribution in [2.45, 2.75) is 0 Å². The Morgan fingerprint density at radius 2 is 2.04 bits per heavy atom. The van der Waals surface area contributed by atoms with Crippen molar-refractivity contribution in [1.82, 2.24) is 24.6 Å². The van der Waals surface area contributed by atoms with E-state index in [0.717, 1.165) is 5.65 Å². The number of aromatic amines is 1. The molecule has 0 aromatic carbocycles. The van der Waals surface area contributed by atoms with Crippen molar-refractivity contribution in [3.8, 4) is 11.4 Å². The average molecular weight is 304 g/mol. The highest BCUT2D eigenvalue weighted by Crippen LogP contribution is 2.23. The number of carbonyl (C=O) groups excluding carboxylic acids is 1. The summed E-state index contributed by atoms with van der Waals surface area (Å²) in [5.74, 6) is -0.243. The third-order valence-corrected chi connectivity index (χ3v) is 3.47. The van der Waals surface area contributed by atoms with Gasteiger partial charge in [0.1, 0.15) is 17.0 Å². The summed E-state index contributed by atoms with van der Waals surface area (Å²) in [5.41, 5.74) is 3.16. The number of rotatable bonds is 3. The van der Waals surface area contributed by atoms with Crippen molar-refractivity contribution >= 4 is 17.2 Å². The fraction of sp³-hybridized carbons (Fsp3) is 0. The molecule has 0 radical (unpaired) electrons. The van der Waals surface area contributed by atoms with Gasteiger partial charge in [0.15, 0.2) is 0 Å². The SMILES string of the molecule is O=C(Nc1cn[nH]c1-c1ccccn1)c1cccc2nccn12. The molecule has 0 saturated heterocycles. The number of amides is 1. The van der Waals surface area contributed by atoms with E-state index in [1.54, 1.807) is 41.3 Å². The lowest BCUT2D eigenvalue weighted by molar-refractivity contribution is 0.102. The lowest BCUT2D eigenvalue weighted by Crippen LogP contribution is -2.15. The molecule has 7 heteroatoms. The highest BCUT2D eigenvalue weighted by molar-refractivity contribution is 6.05. The molecule has 0 aliphatic rings. The number of hydrogen-bond acceptors (Lipinski definition) is 4. The maximum Gasteiger partial charge on any atom is 0.272 e. The van der Waals surface area contributed by atoms with Crippen molar-refractivity contribution in [3.63, 3.8) is 0 Å². The van der Waals surface area contributed by atoms with E-state index < -0.39 is 0 Å². The van der Waals surface area contributed by atoms with Crippen molar-refractivity contribution in [1.29, 1.82) is 0 Å². The molecule has 4 rings (SSSR count). The van der Waals surface area contributed by atoms with Gasteiger partial charge in [-0.2, -0.15) is 5.10 Å². The molecule has 0 aliphatic heterocycles. The number of aromatic nitrogens is 5. The van der Waals surface area contributed by atoms with Gasteiger partial charge in [0.05, 0.1) is 17.6 Å². The van der Waals surface area contributed by atoms with Crippen LogP contribution in [0.1, 0.15) is 10.5 Å². The van der Waals surface area contributed by atoms with Gasteiger partial charge in [-0.25, -0.2) is 4.98 Å². The quantitative estimate of drug-likeness (QED) is 0.608. The Balaban J connectivity index is 1.68. The topological polar surface area (TPSA) is 88.0 Å². The molecule has 0 atom stereocenters. The van der Waals surface area contributed by atoms with Gasteiger partial charge in [0.25, 0.3) is 5.91 Å². The zero-order valence-corrected chi connectivity index (χ0v) is 12.0. The molecule has 0 aliphatic carbocycles. The number of H-pyrrole nitrogens is 1. The van der Waals surface area contributed by atoms with Crippen LogP contribution in [0.25, 0.3) is 17.0 Å². The second kappa shape index (κ2) is 5.38. The zero-order chi connectivity index (χ0) is 15.6. The van der Waals surface area contributed by atoms with Crippen LogP contribution >= 0.6 is 0 Å². The summed E-state index contributed by atoms with van der Waals surface area (Å²) in [4.78, 5) is 21.0. The van der Waals surface area contributed by atoms with Crippen LogP contribution in [0.5, 0.6) is 0 Å². The van der Waals surface area contributed by atoms with Gasteiger partial charge in [-0.15, -0.1) is 0 Å². The molecule has 4 heterocycles. The second-order valence-electron chi connectivity index (χ2n) is 4.89. The highest BCUT2D eigenvalue weighted by atomic mass is 16.1. The molecule has 0 bridgehead atoms. The Bertz CT molecular complexity index is 972. The molecule has 0 saturated carbocycles. The number of hydrogen-bond donors (Lipinski definition) is 2. The van der Waals surface area contributed by atoms with E-state index in [1.165, 1.54) is 0 Å². The fourth-order valence-electron chi connectivity index (χ4n) is 2.41. The summed E-state index contributed by atoms with van der Waals surface area (Å²) >= 11 is 0. The maximum atomic E-state index is 12.6. The van der Waals surface area contributed by atoms with Crippen LogP contribution in [0, 0.1) is 0 Å². The monoisotopic (exact) mass is 304 g/mol. The van der Waals surface area contributed by atoms with Crippen LogP contribution in [0.15, 0.2) is 61.2 Å². The minimum Gasteiger partial charge on any atom is -0.317 e. The maximum absolute atomic E-state index is 12.6. The Labute approximate surface area is 131 Å².